The van der Waals surface area contributed by atoms with Gasteiger partial charge in [-0.2, -0.15) is 15.8 Å². The number of hydrogen-bond donors (Lipinski definition) is 0. The lowest BCUT2D eigenvalue weighted by Gasteiger charge is -2.08. The minimum absolute atomic E-state index is 0. The largest absolute Gasteiger partial charge is 0.457 e. The Balaban J connectivity index is -0.000000969. The summed E-state index contributed by atoms with van der Waals surface area (Å²) in [6.45, 7) is 11.1. The molecule has 0 aromatic heterocycles. The Bertz CT molecular complexity index is 2770. The third kappa shape index (κ3) is 23.4. The van der Waals surface area contributed by atoms with Gasteiger partial charge in [0.25, 0.3) is 0 Å². The van der Waals surface area contributed by atoms with E-state index in [1.165, 1.54) is 12.1 Å². The van der Waals surface area contributed by atoms with Gasteiger partial charge in [0, 0.05) is 17.7 Å². The monoisotopic (exact) mass is 991 g/mol. The molecule has 0 N–H and O–H groups in total. The van der Waals surface area contributed by atoms with Gasteiger partial charge < -0.3 is 33.2 Å². The molecule has 6 aromatic rings. The van der Waals surface area contributed by atoms with E-state index in [-0.39, 0.29) is 64.9 Å². The van der Waals surface area contributed by atoms with Crippen molar-refractivity contribution in [1.29, 1.82) is 15.8 Å². The van der Waals surface area contributed by atoms with Gasteiger partial charge >= 0.3 is 23.9 Å². The van der Waals surface area contributed by atoms with Crippen LogP contribution in [0.1, 0.15) is 78.5 Å². The molecular weight excluding hydrogens is 927 g/mol. The van der Waals surface area contributed by atoms with Crippen molar-refractivity contribution < 1.29 is 52.3 Å². The van der Waals surface area contributed by atoms with Crippen LogP contribution >= 0.6 is 0 Å². The lowest BCUT2D eigenvalue weighted by molar-refractivity contribution is -0.146. The number of esters is 4. The summed E-state index contributed by atoms with van der Waals surface area (Å²) in [6.07, 6.45) is 2.11. The first-order valence-electron chi connectivity index (χ1n) is 19.8. The van der Waals surface area contributed by atoms with E-state index in [2.05, 4.69) is 36.6 Å². The number of nitrogens with zero attached hydrogens (tertiary/aromatic N) is 3. The van der Waals surface area contributed by atoms with E-state index in [1.807, 2.05) is 54.6 Å². The van der Waals surface area contributed by atoms with E-state index in [0.717, 1.165) is 34.4 Å². The summed E-state index contributed by atoms with van der Waals surface area (Å²) < 4.78 is 35.2. The van der Waals surface area contributed by atoms with Crippen LogP contribution < -0.4 is 18.9 Å². The molecule has 14 nitrogen and oxygen atoms in total. The van der Waals surface area contributed by atoms with Gasteiger partial charge in [0.05, 0.1) is 40.5 Å². The Labute approximate surface area is 431 Å². The molecule has 0 atom stereocenters. The number of hydrogen-bond acceptors (Lipinski definition) is 14. The van der Waals surface area contributed by atoms with Crippen LogP contribution in [-0.2, 0) is 28.6 Å². The second-order valence-electron chi connectivity index (χ2n) is 13.3. The van der Waals surface area contributed by atoms with Crippen molar-refractivity contribution in [3.05, 3.63) is 205 Å². The van der Waals surface area contributed by atoms with E-state index in [0.29, 0.717) is 50.8 Å². The molecule has 382 valence electrons. The second kappa shape index (κ2) is 36.3. The maximum Gasteiger partial charge on any atom is 0.343 e. The van der Waals surface area contributed by atoms with E-state index in [9.17, 15) is 19.2 Å². The molecule has 0 radical (unpaired) electrons. The first-order valence-corrected chi connectivity index (χ1v) is 19.8. The van der Waals surface area contributed by atoms with Crippen molar-refractivity contribution in [2.24, 2.45) is 0 Å². The van der Waals surface area contributed by atoms with E-state index >= 15 is 0 Å². The summed E-state index contributed by atoms with van der Waals surface area (Å²) in [4.78, 5) is 44.9. The highest BCUT2D eigenvalue weighted by atomic mass is 16.7. The lowest BCUT2D eigenvalue weighted by Crippen LogP contribution is -2.10. The number of nitriles is 3. The van der Waals surface area contributed by atoms with Gasteiger partial charge in [0.2, 0.25) is 20.4 Å². The summed E-state index contributed by atoms with van der Waals surface area (Å²) in [7, 11) is 0. The van der Waals surface area contributed by atoms with Crippen molar-refractivity contribution in [3.8, 4) is 63.5 Å². The highest BCUT2D eigenvalue weighted by Crippen LogP contribution is 2.24. The molecule has 0 unspecified atom stereocenters. The van der Waals surface area contributed by atoms with Crippen LogP contribution in [-0.4, -0.2) is 44.3 Å². The average Bonchev–Trinajstić information content (AvgIpc) is 3.37. The minimum atomic E-state index is -0.586. The number of rotatable bonds is 16. The van der Waals surface area contributed by atoms with E-state index < -0.39 is 23.9 Å². The fraction of sp³-hybridized carbons (Fsp3) is 0.169. The van der Waals surface area contributed by atoms with Crippen molar-refractivity contribution in [3.63, 3.8) is 0 Å². The maximum atomic E-state index is 12.0. The molecule has 6 aromatic carbocycles. The van der Waals surface area contributed by atoms with Gasteiger partial charge in [-0.15, -0.1) is 0 Å². The molecular formula is C59H65N3O11. The van der Waals surface area contributed by atoms with Crippen LogP contribution in [0, 0.1) is 34.0 Å². The van der Waals surface area contributed by atoms with Gasteiger partial charge in [-0.1, -0.05) is 113 Å². The van der Waals surface area contributed by atoms with Crippen LogP contribution in [0.4, 0.5) is 0 Å². The van der Waals surface area contributed by atoms with E-state index in [4.69, 9.17) is 44.2 Å². The molecule has 0 amide bonds. The Hall–Kier alpha value is -9.71. The number of carbonyl (C=O) groups is 4. The Kier molecular flexibility index (Phi) is 33.6. The fourth-order valence-electron chi connectivity index (χ4n) is 5.12. The lowest BCUT2D eigenvalue weighted by atomic mass is 10.0. The molecule has 14 heteroatoms. The Morgan fingerprint density at radius 3 is 1.01 bits per heavy atom. The third-order valence-electron chi connectivity index (χ3n) is 8.64. The quantitative estimate of drug-likeness (QED) is 0.0291. The molecule has 0 aliphatic carbocycles. The van der Waals surface area contributed by atoms with E-state index in [1.54, 1.807) is 91.9 Å². The van der Waals surface area contributed by atoms with Crippen LogP contribution in [0.2, 0.25) is 0 Å². The average molecular weight is 992 g/mol. The van der Waals surface area contributed by atoms with Crippen molar-refractivity contribution in [2.45, 2.75) is 51.5 Å². The van der Waals surface area contributed by atoms with Gasteiger partial charge in [-0.3, -0.25) is 0 Å². The molecule has 0 aliphatic rings. The van der Waals surface area contributed by atoms with Gasteiger partial charge in [-0.05, 0) is 126 Å². The first-order chi connectivity index (χ1) is 32.4. The van der Waals surface area contributed by atoms with Crippen LogP contribution in [0.5, 0.6) is 23.0 Å². The van der Waals surface area contributed by atoms with Crippen molar-refractivity contribution in [2.75, 3.05) is 20.4 Å². The SMILES string of the molecule is C.C.C.C.C.C.C=C(C)C(=O)OCOc1ccc(-c2ccc(C#N)cc2)cc1.C=CC(=O)OCOc1ccc(-c2ccc(C#N)cc2)cc1.C=CC(=O)OCOc1ccc(C(=O)Oc2ccc(C#N)cc2)cc1. The number of ether oxygens (including phenoxy) is 7. The minimum Gasteiger partial charge on any atom is -0.457 e. The summed E-state index contributed by atoms with van der Waals surface area (Å²) >= 11 is 0. The first kappa shape index (κ1) is 67.6. The molecule has 0 heterocycles. The zero-order chi connectivity index (χ0) is 48.4. The summed E-state index contributed by atoms with van der Waals surface area (Å²) in [5, 5.41) is 26.3. The maximum absolute atomic E-state index is 12.0. The zero-order valence-corrected chi connectivity index (χ0v) is 36.1. The molecule has 0 saturated carbocycles. The molecule has 0 fully saturated rings. The molecule has 0 saturated heterocycles. The molecule has 0 spiro atoms. The fourth-order valence-corrected chi connectivity index (χ4v) is 5.12. The van der Waals surface area contributed by atoms with Crippen molar-refractivity contribution >= 4 is 23.9 Å². The summed E-state index contributed by atoms with van der Waals surface area (Å²) in [5.74, 6) is -0.144. The van der Waals surface area contributed by atoms with Gasteiger partial charge in [-0.25, -0.2) is 19.2 Å². The number of benzene rings is 6. The smallest absolute Gasteiger partial charge is 0.343 e. The predicted octanol–water partition coefficient (Wildman–Crippen LogP) is 13.6. The Morgan fingerprint density at radius 1 is 0.438 bits per heavy atom. The van der Waals surface area contributed by atoms with Crippen LogP contribution in [0.15, 0.2) is 183 Å². The Morgan fingerprint density at radius 2 is 0.712 bits per heavy atom. The standard InChI is InChI=1S/C18H13NO5.C18H15NO3.C17H13NO3.6CH4/c1-2-17(20)23-12-22-15-9-5-14(6-10-15)18(21)24-16-7-3-13(11-19)4-8-16;1-13(2)18(20)22-12-21-17-9-7-16(8-10-17)15-5-3-14(11-19)4-6-15;1-2-17(19)21-12-20-16-9-7-15(8-10-16)14-5-3-13(11-18)4-6-14;;;;;;/h2-10H,1,12H2;3-10H,1,12H2,2H3;2-10H,1,12H2;6*1H4. The molecule has 73 heavy (non-hydrogen) atoms. The third-order valence-corrected chi connectivity index (χ3v) is 8.64. The highest BCUT2D eigenvalue weighted by molar-refractivity contribution is 5.91. The van der Waals surface area contributed by atoms with Crippen LogP contribution in [0.25, 0.3) is 22.3 Å². The topological polar surface area (TPSA) is 204 Å². The summed E-state index contributed by atoms with van der Waals surface area (Å²) in [6, 6.07) is 47.9. The number of carbonyl (C=O) groups excluding carboxylic acids is 4. The van der Waals surface area contributed by atoms with Gasteiger partial charge in [0.15, 0.2) is 0 Å². The predicted molar refractivity (Wildman–Crippen MR) is 286 cm³/mol. The van der Waals surface area contributed by atoms with Crippen LogP contribution in [0.3, 0.4) is 0 Å². The second-order valence-corrected chi connectivity index (χ2v) is 13.3. The van der Waals surface area contributed by atoms with Gasteiger partial charge in [0.1, 0.15) is 23.0 Å². The zero-order valence-electron chi connectivity index (χ0n) is 36.1. The summed E-state index contributed by atoms with van der Waals surface area (Å²) in [5.41, 5.74) is 6.44. The molecule has 0 bridgehead atoms. The molecule has 6 rings (SSSR count). The van der Waals surface area contributed by atoms with Crippen molar-refractivity contribution in [1.82, 2.24) is 0 Å². The molecule has 0 aliphatic heterocycles. The highest BCUT2D eigenvalue weighted by Gasteiger charge is 2.10. The normalized spacial score (nSPS) is 8.74.